The third kappa shape index (κ3) is 3.78. The van der Waals surface area contributed by atoms with Crippen molar-refractivity contribution in [3.63, 3.8) is 0 Å². The number of aryl methyl sites for hydroxylation is 2. The van der Waals surface area contributed by atoms with Gasteiger partial charge in [0, 0.05) is 13.1 Å². The van der Waals surface area contributed by atoms with Gasteiger partial charge in [0.15, 0.2) is 5.11 Å². The van der Waals surface area contributed by atoms with Crippen LogP contribution in [0.3, 0.4) is 0 Å². The van der Waals surface area contributed by atoms with Crippen molar-refractivity contribution in [1.29, 1.82) is 0 Å². The van der Waals surface area contributed by atoms with Crippen molar-refractivity contribution in [2.24, 2.45) is 0 Å². The molecule has 0 unspecified atom stereocenters. The highest BCUT2D eigenvalue weighted by Gasteiger charge is 2.11. The third-order valence-electron chi connectivity index (χ3n) is 3.29. The first-order valence-electron chi connectivity index (χ1n) is 6.84. The van der Waals surface area contributed by atoms with E-state index in [0.717, 1.165) is 29.2 Å². The Morgan fingerprint density at radius 1 is 1.29 bits per heavy atom. The van der Waals surface area contributed by atoms with Gasteiger partial charge in [-0.25, -0.2) is 4.39 Å². The first kappa shape index (κ1) is 15.4. The maximum absolute atomic E-state index is 12.8. The number of anilines is 1. The zero-order valence-electron chi connectivity index (χ0n) is 12.4. The van der Waals surface area contributed by atoms with E-state index in [9.17, 15) is 4.39 Å². The summed E-state index contributed by atoms with van der Waals surface area (Å²) in [4.78, 5) is 0. The van der Waals surface area contributed by atoms with E-state index in [2.05, 4.69) is 15.7 Å². The van der Waals surface area contributed by atoms with Crippen LogP contribution in [0.15, 0.2) is 24.3 Å². The van der Waals surface area contributed by atoms with Gasteiger partial charge >= 0.3 is 0 Å². The highest BCUT2D eigenvalue weighted by molar-refractivity contribution is 7.80. The van der Waals surface area contributed by atoms with Crippen LogP contribution in [0.25, 0.3) is 0 Å². The first-order valence-corrected chi connectivity index (χ1v) is 7.25. The number of hydrogen-bond donors (Lipinski definition) is 2. The van der Waals surface area contributed by atoms with Crippen molar-refractivity contribution in [1.82, 2.24) is 15.1 Å². The quantitative estimate of drug-likeness (QED) is 0.852. The van der Waals surface area contributed by atoms with Crippen molar-refractivity contribution in [2.45, 2.75) is 33.9 Å². The molecule has 2 rings (SSSR count). The third-order valence-corrected chi connectivity index (χ3v) is 3.53. The molecule has 0 radical (unpaired) electrons. The monoisotopic (exact) mass is 306 g/mol. The molecule has 2 N–H and O–H groups in total. The average molecular weight is 306 g/mol. The minimum absolute atomic E-state index is 0.238. The molecular formula is C15H19FN4S. The maximum Gasteiger partial charge on any atom is 0.171 e. The van der Waals surface area contributed by atoms with Gasteiger partial charge in [0.1, 0.15) is 5.82 Å². The van der Waals surface area contributed by atoms with Crippen molar-refractivity contribution >= 4 is 23.0 Å². The largest absolute Gasteiger partial charge is 0.358 e. The Labute approximate surface area is 129 Å². The van der Waals surface area contributed by atoms with Gasteiger partial charge in [-0.2, -0.15) is 5.10 Å². The fraction of sp³-hybridized carbons (Fsp3) is 0.333. The molecule has 0 aliphatic heterocycles. The molecule has 0 atom stereocenters. The number of rotatable bonds is 4. The summed E-state index contributed by atoms with van der Waals surface area (Å²) < 4.78 is 14.8. The molecule has 0 fully saturated rings. The summed E-state index contributed by atoms with van der Waals surface area (Å²) in [6.07, 6.45) is 0. The lowest BCUT2D eigenvalue weighted by atomic mass is 10.2. The highest BCUT2D eigenvalue weighted by Crippen LogP contribution is 2.19. The Balaban J connectivity index is 1.96. The molecule has 0 aliphatic carbocycles. The second-order valence-electron chi connectivity index (χ2n) is 4.80. The Morgan fingerprint density at radius 3 is 2.52 bits per heavy atom. The van der Waals surface area contributed by atoms with Gasteiger partial charge in [-0.15, -0.1) is 0 Å². The van der Waals surface area contributed by atoms with E-state index in [4.69, 9.17) is 12.2 Å². The van der Waals surface area contributed by atoms with E-state index >= 15 is 0 Å². The summed E-state index contributed by atoms with van der Waals surface area (Å²) in [5.74, 6) is -0.238. The zero-order valence-corrected chi connectivity index (χ0v) is 13.2. The van der Waals surface area contributed by atoms with Gasteiger partial charge in [0.2, 0.25) is 0 Å². The van der Waals surface area contributed by atoms with E-state index in [1.807, 2.05) is 25.5 Å². The van der Waals surface area contributed by atoms with Crippen LogP contribution >= 0.6 is 12.2 Å². The van der Waals surface area contributed by atoms with E-state index in [1.54, 1.807) is 12.1 Å². The van der Waals surface area contributed by atoms with E-state index < -0.39 is 0 Å². The molecule has 1 aromatic carbocycles. The molecule has 4 nitrogen and oxygen atoms in total. The van der Waals surface area contributed by atoms with Gasteiger partial charge in [-0.05, 0) is 50.7 Å². The molecular weight excluding hydrogens is 287 g/mol. The molecule has 0 bridgehead atoms. The lowest BCUT2D eigenvalue weighted by Crippen LogP contribution is -2.28. The predicted molar refractivity (Wildman–Crippen MR) is 86.8 cm³/mol. The summed E-state index contributed by atoms with van der Waals surface area (Å²) in [5, 5.41) is 11.3. The topological polar surface area (TPSA) is 41.9 Å². The number of hydrogen-bond acceptors (Lipinski definition) is 2. The number of nitrogens with zero attached hydrogens (tertiary/aromatic N) is 2. The Kier molecular flexibility index (Phi) is 4.90. The number of nitrogens with one attached hydrogen (secondary N) is 2. The standard InChI is InChI=1S/C15H19FN4S/c1-4-20-11(3)14(10(2)19-20)18-15(21)17-9-12-5-7-13(16)8-6-12/h5-8H,4,9H2,1-3H3,(H2,17,18,21). The van der Waals surface area contributed by atoms with Gasteiger partial charge in [-0.1, -0.05) is 12.1 Å². The summed E-state index contributed by atoms with van der Waals surface area (Å²) in [6, 6.07) is 6.34. The normalized spacial score (nSPS) is 10.5. The summed E-state index contributed by atoms with van der Waals surface area (Å²) in [5.41, 5.74) is 3.88. The van der Waals surface area contributed by atoms with Crippen LogP contribution in [0.2, 0.25) is 0 Å². The van der Waals surface area contributed by atoms with Crippen LogP contribution in [-0.4, -0.2) is 14.9 Å². The van der Waals surface area contributed by atoms with Crippen molar-refractivity contribution < 1.29 is 4.39 Å². The van der Waals surface area contributed by atoms with Gasteiger partial charge in [0.25, 0.3) is 0 Å². The van der Waals surface area contributed by atoms with E-state index in [-0.39, 0.29) is 5.82 Å². The van der Waals surface area contributed by atoms with Crippen LogP contribution < -0.4 is 10.6 Å². The fourth-order valence-corrected chi connectivity index (χ4v) is 2.30. The van der Waals surface area contributed by atoms with Crippen molar-refractivity contribution in [2.75, 3.05) is 5.32 Å². The first-order chi connectivity index (χ1) is 10.0. The molecule has 1 aromatic heterocycles. The number of benzene rings is 1. The number of aromatic nitrogens is 2. The molecule has 1 heterocycles. The Hall–Kier alpha value is -1.95. The summed E-state index contributed by atoms with van der Waals surface area (Å²) in [7, 11) is 0. The van der Waals surface area contributed by atoms with Crippen LogP contribution in [0.1, 0.15) is 23.9 Å². The lowest BCUT2D eigenvalue weighted by Gasteiger charge is -2.11. The van der Waals surface area contributed by atoms with E-state index in [1.165, 1.54) is 12.1 Å². The average Bonchev–Trinajstić information content (AvgIpc) is 2.74. The fourth-order valence-electron chi connectivity index (χ4n) is 2.13. The second kappa shape index (κ2) is 6.67. The van der Waals surface area contributed by atoms with Gasteiger partial charge in [0.05, 0.1) is 17.1 Å². The molecule has 6 heteroatoms. The van der Waals surface area contributed by atoms with Crippen molar-refractivity contribution in [3.05, 3.63) is 47.0 Å². The molecule has 0 aliphatic rings. The molecule has 0 saturated carbocycles. The second-order valence-corrected chi connectivity index (χ2v) is 5.20. The van der Waals surface area contributed by atoms with Crippen LogP contribution in [0, 0.1) is 19.7 Å². The van der Waals surface area contributed by atoms with Crippen LogP contribution in [-0.2, 0) is 13.1 Å². The van der Waals surface area contributed by atoms with Crippen LogP contribution in [0.5, 0.6) is 0 Å². The number of halogens is 1. The molecule has 112 valence electrons. The predicted octanol–water partition coefficient (Wildman–Crippen LogP) is 3.15. The van der Waals surface area contributed by atoms with Gasteiger partial charge in [-0.3, -0.25) is 4.68 Å². The smallest absolute Gasteiger partial charge is 0.171 e. The minimum atomic E-state index is -0.238. The molecule has 0 amide bonds. The van der Waals surface area contributed by atoms with E-state index in [0.29, 0.717) is 11.7 Å². The Bertz CT molecular complexity index is 634. The van der Waals surface area contributed by atoms with Gasteiger partial charge < -0.3 is 10.6 Å². The molecule has 0 saturated heterocycles. The zero-order chi connectivity index (χ0) is 15.4. The molecule has 21 heavy (non-hydrogen) atoms. The summed E-state index contributed by atoms with van der Waals surface area (Å²) in [6.45, 7) is 7.38. The maximum atomic E-state index is 12.8. The van der Waals surface area contributed by atoms with Crippen molar-refractivity contribution in [3.8, 4) is 0 Å². The lowest BCUT2D eigenvalue weighted by molar-refractivity contribution is 0.627. The molecule has 2 aromatic rings. The SMILES string of the molecule is CCn1nc(C)c(NC(=S)NCc2ccc(F)cc2)c1C. The number of thiocarbonyl (C=S) groups is 1. The summed E-state index contributed by atoms with van der Waals surface area (Å²) >= 11 is 5.29. The van der Waals surface area contributed by atoms with Crippen LogP contribution in [0.4, 0.5) is 10.1 Å². The Morgan fingerprint density at radius 2 is 1.95 bits per heavy atom. The minimum Gasteiger partial charge on any atom is -0.358 e. The molecule has 0 spiro atoms. The highest BCUT2D eigenvalue weighted by atomic mass is 32.1.